The molecule has 0 spiro atoms. The maximum atomic E-state index is 13.4. The van der Waals surface area contributed by atoms with Crippen molar-refractivity contribution in [2.24, 2.45) is 0 Å². The summed E-state index contributed by atoms with van der Waals surface area (Å²) in [4.78, 5) is 19.3. The molecule has 4 aromatic rings. The SMILES string of the molecule is CNC(=O)CN(Cc1ncc(-c2ccc(F)cc2)[nH]1)S(=O)(=O)c1cccc2nsnc12. The van der Waals surface area contributed by atoms with Crippen molar-refractivity contribution in [1.82, 2.24) is 28.3 Å². The van der Waals surface area contributed by atoms with Gasteiger partial charge in [-0.1, -0.05) is 6.07 Å². The van der Waals surface area contributed by atoms with Crippen molar-refractivity contribution in [3.8, 4) is 11.3 Å². The fraction of sp³-hybridized carbons (Fsp3) is 0.158. The lowest BCUT2D eigenvalue weighted by molar-refractivity contribution is -0.120. The average molecular weight is 461 g/mol. The summed E-state index contributed by atoms with van der Waals surface area (Å²) in [6, 6.07) is 10.5. The fourth-order valence-corrected chi connectivity index (χ4v) is 5.09. The van der Waals surface area contributed by atoms with E-state index < -0.39 is 22.5 Å². The van der Waals surface area contributed by atoms with Crippen molar-refractivity contribution in [1.29, 1.82) is 0 Å². The lowest BCUT2D eigenvalue weighted by atomic mass is 10.2. The Morgan fingerprint density at radius 2 is 1.97 bits per heavy atom. The third kappa shape index (κ3) is 4.31. The molecule has 0 fully saturated rings. The molecule has 0 unspecified atom stereocenters. The summed E-state index contributed by atoms with van der Waals surface area (Å²) in [5.74, 6) is -0.509. The van der Waals surface area contributed by atoms with Gasteiger partial charge in [0.05, 0.1) is 36.7 Å². The highest BCUT2D eigenvalue weighted by Gasteiger charge is 2.30. The summed E-state index contributed by atoms with van der Waals surface area (Å²) in [6.45, 7) is -0.579. The lowest BCUT2D eigenvalue weighted by Crippen LogP contribution is -2.39. The Morgan fingerprint density at radius 1 is 1.19 bits per heavy atom. The number of carbonyl (C=O) groups is 1. The third-order valence-corrected chi connectivity index (χ3v) is 6.94. The van der Waals surface area contributed by atoms with E-state index in [9.17, 15) is 17.6 Å². The Kier molecular flexibility index (Phi) is 5.76. The van der Waals surface area contributed by atoms with Crippen LogP contribution in [0.2, 0.25) is 0 Å². The topological polar surface area (TPSA) is 121 Å². The third-order valence-electron chi connectivity index (χ3n) is 4.58. The van der Waals surface area contributed by atoms with Crippen LogP contribution >= 0.6 is 11.7 Å². The molecule has 0 atom stereocenters. The van der Waals surface area contributed by atoms with E-state index in [2.05, 4.69) is 24.0 Å². The minimum Gasteiger partial charge on any atom is -0.358 e. The van der Waals surface area contributed by atoms with Crippen LogP contribution in [0, 0.1) is 5.82 Å². The molecule has 12 heteroatoms. The number of nitrogens with zero attached hydrogens (tertiary/aromatic N) is 4. The van der Waals surface area contributed by atoms with Crippen LogP contribution in [0.25, 0.3) is 22.3 Å². The summed E-state index contributed by atoms with van der Waals surface area (Å²) >= 11 is 0.912. The van der Waals surface area contributed by atoms with Crippen LogP contribution in [0.4, 0.5) is 4.39 Å². The van der Waals surface area contributed by atoms with E-state index in [1.165, 1.54) is 31.4 Å². The van der Waals surface area contributed by atoms with Gasteiger partial charge in [0.2, 0.25) is 15.9 Å². The molecule has 0 aliphatic rings. The molecule has 4 rings (SSSR count). The molecule has 2 heterocycles. The zero-order valence-corrected chi connectivity index (χ0v) is 17.9. The van der Waals surface area contributed by atoms with Gasteiger partial charge in [-0.15, -0.1) is 0 Å². The second-order valence-corrected chi connectivity index (χ2v) is 9.02. The van der Waals surface area contributed by atoms with Crippen LogP contribution in [0.5, 0.6) is 0 Å². The van der Waals surface area contributed by atoms with Gasteiger partial charge in [0.25, 0.3) is 0 Å². The van der Waals surface area contributed by atoms with Gasteiger partial charge in [0, 0.05) is 7.05 Å². The minimum absolute atomic E-state index is 0.0343. The molecule has 0 radical (unpaired) electrons. The largest absolute Gasteiger partial charge is 0.358 e. The summed E-state index contributed by atoms with van der Waals surface area (Å²) < 4.78 is 49.2. The predicted molar refractivity (Wildman–Crippen MR) is 113 cm³/mol. The average Bonchev–Trinajstić information content (AvgIpc) is 3.43. The van der Waals surface area contributed by atoms with E-state index in [1.807, 2.05) is 0 Å². The molecule has 0 saturated carbocycles. The molecule has 2 N–H and O–H groups in total. The number of H-pyrrole nitrogens is 1. The predicted octanol–water partition coefficient (Wildman–Crippen LogP) is 2.16. The summed E-state index contributed by atoms with van der Waals surface area (Å²) in [7, 11) is -2.67. The molecule has 160 valence electrons. The minimum atomic E-state index is -4.09. The van der Waals surface area contributed by atoms with Crippen LogP contribution in [-0.2, 0) is 21.4 Å². The van der Waals surface area contributed by atoms with Crippen LogP contribution < -0.4 is 5.32 Å². The molecular weight excluding hydrogens is 443 g/mol. The Morgan fingerprint density at radius 3 is 2.71 bits per heavy atom. The number of nitrogens with one attached hydrogen (secondary N) is 2. The number of rotatable bonds is 7. The van der Waals surface area contributed by atoms with Crippen molar-refractivity contribution in [2.75, 3.05) is 13.6 Å². The molecule has 0 saturated heterocycles. The number of hydrogen-bond donors (Lipinski definition) is 2. The second-order valence-electron chi connectivity index (χ2n) is 6.58. The number of amides is 1. The van der Waals surface area contributed by atoms with Gasteiger partial charge in [0.1, 0.15) is 27.6 Å². The lowest BCUT2D eigenvalue weighted by Gasteiger charge is -2.20. The van der Waals surface area contributed by atoms with E-state index in [4.69, 9.17) is 0 Å². The van der Waals surface area contributed by atoms with Gasteiger partial charge in [-0.05, 0) is 42.0 Å². The zero-order valence-electron chi connectivity index (χ0n) is 16.2. The second kappa shape index (κ2) is 8.49. The van der Waals surface area contributed by atoms with E-state index in [0.29, 0.717) is 22.6 Å². The smallest absolute Gasteiger partial charge is 0.246 e. The van der Waals surface area contributed by atoms with Crippen molar-refractivity contribution < 1.29 is 17.6 Å². The first kappa shape index (κ1) is 21.0. The summed E-state index contributed by atoms with van der Waals surface area (Å²) in [5, 5.41) is 2.44. The molecule has 0 aliphatic heterocycles. The van der Waals surface area contributed by atoms with E-state index in [1.54, 1.807) is 24.3 Å². The van der Waals surface area contributed by atoms with E-state index in [-0.39, 0.29) is 22.8 Å². The van der Waals surface area contributed by atoms with Gasteiger partial charge >= 0.3 is 0 Å². The highest BCUT2D eigenvalue weighted by atomic mass is 32.2. The van der Waals surface area contributed by atoms with Gasteiger partial charge in [-0.3, -0.25) is 4.79 Å². The first-order valence-electron chi connectivity index (χ1n) is 9.10. The van der Waals surface area contributed by atoms with Crippen LogP contribution in [0.15, 0.2) is 53.6 Å². The number of imidazole rings is 1. The maximum absolute atomic E-state index is 13.4. The fourth-order valence-electron chi connectivity index (χ4n) is 2.98. The van der Waals surface area contributed by atoms with Gasteiger partial charge in [-0.2, -0.15) is 13.1 Å². The highest BCUT2D eigenvalue weighted by molar-refractivity contribution is 7.89. The Labute approximate surface area is 181 Å². The number of aromatic nitrogens is 4. The van der Waals surface area contributed by atoms with E-state index >= 15 is 0 Å². The van der Waals surface area contributed by atoms with Crippen molar-refractivity contribution in [3.63, 3.8) is 0 Å². The van der Waals surface area contributed by atoms with Gasteiger partial charge in [-0.25, -0.2) is 17.8 Å². The number of benzene rings is 2. The monoisotopic (exact) mass is 460 g/mol. The number of likely N-dealkylation sites (N-methyl/N-ethyl adjacent to an activating group) is 1. The summed E-state index contributed by atoms with van der Waals surface area (Å²) in [5.41, 5.74) is 2.00. The quantitative estimate of drug-likeness (QED) is 0.436. The van der Waals surface area contributed by atoms with Crippen LogP contribution in [0.3, 0.4) is 0 Å². The molecule has 1 amide bonds. The Hall–Kier alpha value is -3.22. The van der Waals surface area contributed by atoms with Crippen molar-refractivity contribution in [2.45, 2.75) is 11.4 Å². The van der Waals surface area contributed by atoms with Crippen LogP contribution in [0.1, 0.15) is 5.82 Å². The molecule has 31 heavy (non-hydrogen) atoms. The van der Waals surface area contributed by atoms with Gasteiger partial charge in [0.15, 0.2) is 0 Å². The number of sulfonamides is 1. The molecule has 0 aliphatic carbocycles. The zero-order chi connectivity index (χ0) is 22.0. The van der Waals surface area contributed by atoms with Crippen molar-refractivity contribution >= 4 is 38.7 Å². The number of halogens is 1. The van der Waals surface area contributed by atoms with E-state index in [0.717, 1.165) is 16.0 Å². The normalized spacial score (nSPS) is 11.8. The molecule has 9 nitrogen and oxygen atoms in total. The summed E-state index contributed by atoms with van der Waals surface area (Å²) in [6.07, 6.45) is 1.53. The Bertz CT molecular complexity index is 1330. The molecule has 0 bridgehead atoms. The maximum Gasteiger partial charge on any atom is 0.246 e. The number of fused-ring (bicyclic) bond motifs is 1. The number of aromatic amines is 1. The molecule has 2 aromatic carbocycles. The Balaban J connectivity index is 1.68. The number of hydrogen-bond acceptors (Lipinski definition) is 7. The van der Waals surface area contributed by atoms with Crippen LogP contribution in [-0.4, -0.2) is 50.9 Å². The molecular formula is C19H17FN6O3S2. The first-order valence-corrected chi connectivity index (χ1v) is 11.3. The first-order chi connectivity index (χ1) is 14.9. The number of carbonyl (C=O) groups excluding carboxylic acids is 1. The van der Waals surface area contributed by atoms with Gasteiger partial charge < -0.3 is 10.3 Å². The standard InChI is InChI=1S/C19H17FN6O3S2/c1-21-18(27)11-26(31(28,29)16-4-2-3-14-19(16)25-30-24-14)10-17-22-9-15(23-17)12-5-7-13(20)8-6-12/h2-9H,10-11H2,1H3,(H,21,27)(H,22,23). The van der Waals surface area contributed by atoms with Crippen molar-refractivity contribution in [3.05, 3.63) is 60.3 Å². The molecule has 2 aromatic heterocycles. The highest BCUT2D eigenvalue weighted by Crippen LogP contribution is 2.26.